The lowest BCUT2D eigenvalue weighted by Gasteiger charge is -2.30. The molecule has 1 N–H and O–H groups in total. The maximum atomic E-state index is 13.0. The Bertz CT molecular complexity index is 981. The molecule has 2 aromatic rings. The molecule has 1 atom stereocenters. The Balaban J connectivity index is 1.50. The van der Waals surface area contributed by atoms with E-state index in [0.29, 0.717) is 10.2 Å². The smallest absolute Gasteiger partial charge is 0.330 e. The first kappa shape index (κ1) is 20.7. The van der Waals surface area contributed by atoms with Gasteiger partial charge in [-0.25, -0.2) is 4.98 Å². The average Bonchev–Trinajstić information content (AvgIpc) is 3.43. The van der Waals surface area contributed by atoms with Crippen molar-refractivity contribution in [1.29, 1.82) is 0 Å². The molecule has 0 radical (unpaired) electrons. The van der Waals surface area contributed by atoms with Crippen LogP contribution in [-0.4, -0.2) is 45.3 Å². The number of amides is 1. The lowest BCUT2D eigenvalue weighted by atomic mass is 9.97. The molecule has 0 spiro atoms. The molecule has 2 aliphatic rings. The fraction of sp³-hybridized carbons (Fsp3) is 0.632. The summed E-state index contributed by atoms with van der Waals surface area (Å²) >= 11 is 2.49. The van der Waals surface area contributed by atoms with Crippen LogP contribution in [0.25, 0.3) is 10.2 Å². The van der Waals surface area contributed by atoms with Crippen LogP contribution < -0.4 is 5.56 Å². The lowest BCUT2D eigenvalue weighted by molar-refractivity contribution is -0.164. The Kier molecular flexibility index (Phi) is 5.67. The van der Waals surface area contributed by atoms with E-state index in [0.717, 1.165) is 60.8 Å². The third-order valence-electron chi connectivity index (χ3n) is 5.60. The van der Waals surface area contributed by atoms with Gasteiger partial charge in [0, 0.05) is 10.9 Å². The summed E-state index contributed by atoms with van der Waals surface area (Å²) in [7, 11) is 0. The number of aryl methyl sites for hydroxylation is 2. The van der Waals surface area contributed by atoms with Crippen LogP contribution in [0.4, 0.5) is 13.2 Å². The molecular formula is C19H22F3N3O2S2. The second-order valence-corrected chi connectivity index (χ2v) is 9.81. The highest BCUT2D eigenvalue weighted by Crippen LogP contribution is 2.37. The van der Waals surface area contributed by atoms with Crippen molar-refractivity contribution < 1.29 is 18.0 Å². The summed E-state index contributed by atoms with van der Waals surface area (Å²) in [6.07, 6.45) is 1.23. The van der Waals surface area contributed by atoms with Crippen molar-refractivity contribution in [3.8, 4) is 0 Å². The fourth-order valence-electron chi connectivity index (χ4n) is 3.91. The van der Waals surface area contributed by atoms with Gasteiger partial charge in [0.15, 0.2) is 5.16 Å². The van der Waals surface area contributed by atoms with Gasteiger partial charge in [0.25, 0.3) is 5.56 Å². The summed E-state index contributed by atoms with van der Waals surface area (Å²) in [5.74, 6) is -0.634. The number of hydrogen-bond acceptors (Lipinski definition) is 5. The second-order valence-electron chi connectivity index (χ2n) is 7.77. The van der Waals surface area contributed by atoms with Crippen molar-refractivity contribution in [3.05, 3.63) is 20.8 Å². The summed E-state index contributed by atoms with van der Waals surface area (Å²) < 4.78 is 38.9. The highest BCUT2D eigenvalue weighted by molar-refractivity contribution is 7.99. The van der Waals surface area contributed by atoms with E-state index in [1.165, 1.54) is 16.2 Å². The number of hydrogen-bond donors (Lipinski definition) is 1. The number of alkyl halides is 3. The molecule has 29 heavy (non-hydrogen) atoms. The van der Waals surface area contributed by atoms with Crippen LogP contribution in [0.1, 0.15) is 43.0 Å². The van der Waals surface area contributed by atoms with Crippen molar-refractivity contribution in [1.82, 2.24) is 14.9 Å². The van der Waals surface area contributed by atoms with Crippen LogP contribution in [0.15, 0.2) is 9.95 Å². The fourth-order valence-corrected chi connectivity index (χ4v) is 5.98. The lowest BCUT2D eigenvalue weighted by Crippen LogP contribution is -2.46. The number of rotatable bonds is 6. The molecule has 1 amide bonds. The highest BCUT2D eigenvalue weighted by atomic mass is 32.2. The number of thiophene rings is 1. The third-order valence-corrected chi connectivity index (χ3v) is 7.65. The molecule has 1 unspecified atom stereocenters. The van der Waals surface area contributed by atoms with Crippen LogP contribution >= 0.6 is 23.1 Å². The first-order valence-corrected chi connectivity index (χ1v) is 11.6. The number of thioether (sulfide) groups is 1. The molecule has 4 rings (SSSR count). The van der Waals surface area contributed by atoms with E-state index in [1.807, 2.05) is 0 Å². The number of nitrogens with zero attached hydrogens (tertiary/aromatic N) is 2. The van der Waals surface area contributed by atoms with Crippen LogP contribution in [0.3, 0.4) is 0 Å². The van der Waals surface area contributed by atoms with Crippen molar-refractivity contribution in [2.75, 3.05) is 12.3 Å². The summed E-state index contributed by atoms with van der Waals surface area (Å²) in [4.78, 5) is 35.1. The van der Waals surface area contributed by atoms with Gasteiger partial charge in [0.2, 0.25) is 5.91 Å². The zero-order valence-electron chi connectivity index (χ0n) is 16.0. The van der Waals surface area contributed by atoms with Crippen LogP contribution in [0.5, 0.6) is 0 Å². The maximum Gasteiger partial charge on any atom is 0.406 e. The van der Waals surface area contributed by atoms with Crippen LogP contribution in [-0.2, 0) is 17.6 Å². The molecule has 0 aliphatic heterocycles. The number of H-pyrrole nitrogens is 1. The van der Waals surface area contributed by atoms with Gasteiger partial charge in [-0.05, 0) is 56.9 Å². The number of nitrogens with one attached hydrogen (secondary N) is 1. The summed E-state index contributed by atoms with van der Waals surface area (Å²) in [6, 6.07) is -0.441. The molecule has 5 nitrogen and oxygen atoms in total. The minimum Gasteiger partial charge on any atom is -0.330 e. The molecule has 1 fully saturated rings. The van der Waals surface area contributed by atoms with E-state index in [-0.39, 0.29) is 22.4 Å². The van der Waals surface area contributed by atoms with Crippen molar-refractivity contribution in [2.45, 2.75) is 62.8 Å². The third kappa shape index (κ3) is 4.63. The number of aromatic amines is 1. The number of halogens is 3. The molecule has 2 aromatic heterocycles. The average molecular weight is 446 g/mol. The SMILES string of the molecule is CC(C1CC1)N(CC(F)(F)F)C(=O)CSc1nc2sc3c(c2c(=O)[nH]1)CCCC3. The van der Waals surface area contributed by atoms with Gasteiger partial charge in [-0.1, -0.05) is 11.8 Å². The molecule has 0 saturated heterocycles. The molecule has 2 heterocycles. The van der Waals surface area contributed by atoms with Gasteiger partial charge in [-0.2, -0.15) is 13.2 Å². The second kappa shape index (κ2) is 7.94. The normalized spacial score (nSPS) is 17.9. The van der Waals surface area contributed by atoms with E-state index in [1.54, 1.807) is 6.92 Å². The van der Waals surface area contributed by atoms with Gasteiger partial charge in [-0.3, -0.25) is 9.59 Å². The Hall–Kier alpha value is -1.55. The molecule has 1 saturated carbocycles. The summed E-state index contributed by atoms with van der Waals surface area (Å²) in [5, 5.41) is 0.905. The Morgan fingerprint density at radius 2 is 2.07 bits per heavy atom. The molecule has 0 bridgehead atoms. The topological polar surface area (TPSA) is 66.1 Å². The Morgan fingerprint density at radius 3 is 2.76 bits per heavy atom. The molecule has 2 aliphatic carbocycles. The molecular weight excluding hydrogens is 423 g/mol. The van der Waals surface area contributed by atoms with E-state index in [4.69, 9.17) is 0 Å². The molecule has 0 aromatic carbocycles. The predicted octanol–water partition coefficient (Wildman–Crippen LogP) is 4.14. The first-order chi connectivity index (χ1) is 13.7. The molecule has 158 valence electrons. The monoisotopic (exact) mass is 445 g/mol. The van der Waals surface area contributed by atoms with E-state index < -0.39 is 24.7 Å². The van der Waals surface area contributed by atoms with Gasteiger partial charge in [0.1, 0.15) is 11.4 Å². The van der Waals surface area contributed by atoms with Crippen molar-refractivity contribution in [2.24, 2.45) is 5.92 Å². The maximum absolute atomic E-state index is 13.0. The number of carbonyl (C=O) groups excluding carboxylic acids is 1. The Labute approximate surface area is 174 Å². The number of fused-ring (bicyclic) bond motifs is 3. The summed E-state index contributed by atoms with van der Waals surface area (Å²) in [5.41, 5.74) is 0.843. The quantitative estimate of drug-likeness (QED) is 0.536. The van der Waals surface area contributed by atoms with Gasteiger partial charge in [0.05, 0.1) is 11.1 Å². The largest absolute Gasteiger partial charge is 0.406 e. The van der Waals surface area contributed by atoms with E-state index in [2.05, 4.69) is 9.97 Å². The van der Waals surface area contributed by atoms with Crippen LogP contribution in [0.2, 0.25) is 0 Å². The minimum absolute atomic E-state index is 0.137. The molecule has 10 heteroatoms. The minimum atomic E-state index is -4.44. The van der Waals surface area contributed by atoms with Gasteiger partial charge >= 0.3 is 6.18 Å². The Morgan fingerprint density at radius 1 is 1.34 bits per heavy atom. The highest BCUT2D eigenvalue weighted by Gasteiger charge is 2.40. The summed E-state index contributed by atoms with van der Waals surface area (Å²) in [6.45, 7) is 0.430. The van der Waals surface area contributed by atoms with Gasteiger partial charge < -0.3 is 9.88 Å². The number of aromatic nitrogens is 2. The standard InChI is InChI=1S/C19H22F3N3O2S2/c1-10(11-6-7-11)25(9-19(20,21)22)14(26)8-28-18-23-16(27)15-12-4-2-3-5-13(12)29-17(15)24-18/h10-11H,2-9H2,1H3,(H,23,24,27). The predicted molar refractivity (Wildman–Crippen MR) is 108 cm³/mol. The first-order valence-electron chi connectivity index (χ1n) is 9.76. The number of carbonyl (C=O) groups is 1. The van der Waals surface area contributed by atoms with Crippen molar-refractivity contribution >= 4 is 39.2 Å². The van der Waals surface area contributed by atoms with E-state index in [9.17, 15) is 22.8 Å². The van der Waals surface area contributed by atoms with Crippen molar-refractivity contribution in [3.63, 3.8) is 0 Å². The zero-order chi connectivity index (χ0) is 20.8. The van der Waals surface area contributed by atoms with Gasteiger partial charge in [-0.15, -0.1) is 11.3 Å². The van der Waals surface area contributed by atoms with Crippen LogP contribution in [0, 0.1) is 5.92 Å². The zero-order valence-corrected chi connectivity index (χ0v) is 17.6. The van der Waals surface area contributed by atoms with E-state index >= 15 is 0 Å².